The van der Waals surface area contributed by atoms with E-state index in [9.17, 15) is 22.8 Å². The number of Topliss-reactive ketones (excluding diaryl/α,β-unsaturated/α-hetero) is 1. The first kappa shape index (κ1) is 28.4. The van der Waals surface area contributed by atoms with Crippen LogP contribution in [0.2, 0.25) is 0 Å². The van der Waals surface area contributed by atoms with E-state index >= 15 is 0 Å². The largest absolute Gasteiger partial charge is 0.466 e. The minimum absolute atomic E-state index is 0.0144. The van der Waals surface area contributed by atoms with Gasteiger partial charge in [-0.15, -0.1) is 0 Å². The lowest BCUT2D eigenvalue weighted by atomic mass is 9.87. The normalized spacial score (nSPS) is 13.2. The molecule has 0 N–H and O–H groups in total. The summed E-state index contributed by atoms with van der Waals surface area (Å²) in [6.45, 7) is 3.57. The van der Waals surface area contributed by atoms with Crippen LogP contribution in [0.3, 0.4) is 0 Å². The van der Waals surface area contributed by atoms with Gasteiger partial charge in [-0.1, -0.05) is 52.3 Å². The maximum atomic E-state index is 13.8. The lowest BCUT2D eigenvalue weighted by Crippen LogP contribution is -2.36. The molecule has 4 rings (SSSR count). The molecule has 0 fully saturated rings. The molecule has 7 nitrogen and oxygen atoms in total. The van der Waals surface area contributed by atoms with Crippen LogP contribution in [0, 0.1) is 0 Å². The molecule has 0 radical (unpaired) electrons. The van der Waals surface area contributed by atoms with Crippen molar-refractivity contribution < 1.29 is 27.5 Å². The zero-order valence-electron chi connectivity index (χ0n) is 21.6. The van der Waals surface area contributed by atoms with Gasteiger partial charge in [0.15, 0.2) is 15.6 Å². The van der Waals surface area contributed by atoms with Crippen molar-refractivity contribution in [3.63, 3.8) is 0 Å². The van der Waals surface area contributed by atoms with E-state index in [2.05, 4.69) is 15.9 Å². The van der Waals surface area contributed by atoms with E-state index in [0.29, 0.717) is 5.57 Å². The molecule has 0 saturated heterocycles. The molecule has 0 aromatic heterocycles. The van der Waals surface area contributed by atoms with E-state index in [1.165, 1.54) is 36.1 Å². The molecule has 0 saturated carbocycles. The van der Waals surface area contributed by atoms with Crippen molar-refractivity contribution in [3.8, 4) is 0 Å². The van der Waals surface area contributed by atoms with Gasteiger partial charge in [0.05, 0.1) is 29.5 Å². The number of fused-ring (bicyclic) bond motifs is 1. The molecule has 202 valence electrons. The topological polar surface area (TPSA) is 97.8 Å². The van der Waals surface area contributed by atoms with Gasteiger partial charge in [0.2, 0.25) is 0 Å². The molecule has 3 aromatic carbocycles. The smallest absolute Gasteiger partial charge is 0.305 e. The average molecular weight is 611 g/mol. The van der Waals surface area contributed by atoms with Crippen LogP contribution in [-0.4, -0.2) is 43.3 Å². The van der Waals surface area contributed by atoms with Gasteiger partial charge in [0, 0.05) is 29.0 Å². The Morgan fingerprint density at radius 2 is 1.67 bits per heavy atom. The monoisotopic (exact) mass is 609 g/mol. The second kappa shape index (κ2) is 12.1. The highest BCUT2D eigenvalue weighted by Crippen LogP contribution is 2.38. The van der Waals surface area contributed by atoms with Crippen molar-refractivity contribution in [1.82, 2.24) is 4.90 Å². The maximum absolute atomic E-state index is 13.8. The van der Waals surface area contributed by atoms with Gasteiger partial charge < -0.3 is 4.74 Å². The maximum Gasteiger partial charge on any atom is 0.305 e. The number of benzene rings is 3. The molecule has 3 aromatic rings. The van der Waals surface area contributed by atoms with E-state index in [0.717, 1.165) is 21.2 Å². The van der Waals surface area contributed by atoms with Crippen LogP contribution in [0.5, 0.6) is 0 Å². The Labute approximate surface area is 236 Å². The Hall–Kier alpha value is -3.56. The lowest BCUT2D eigenvalue weighted by Gasteiger charge is -2.33. The van der Waals surface area contributed by atoms with Crippen LogP contribution < -0.4 is 0 Å². The number of ether oxygens (including phenoxy) is 1. The Bertz CT molecular complexity index is 1550. The predicted octanol–water partition coefficient (Wildman–Crippen LogP) is 5.57. The van der Waals surface area contributed by atoms with Crippen LogP contribution in [0.25, 0.3) is 5.57 Å². The van der Waals surface area contributed by atoms with Crippen LogP contribution in [0.4, 0.5) is 0 Å². The second-order valence-corrected chi connectivity index (χ2v) is 12.1. The number of amides is 1. The highest BCUT2D eigenvalue weighted by molar-refractivity contribution is 9.10. The zero-order valence-corrected chi connectivity index (χ0v) is 24.0. The molecule has 0 spiro atoms. The molecular formula is C30H28BrNO6S. The van der Waals surface area contributed by atoms with E-state index < -0.39 is 21.7 Å². The molecule has 0 aliphatic carbocycles. The molecular weight excluding hydrogens is 582 g/mol. The summed E-state index contributed by atoms with van der Waals surface area (Å²) in [7, 11) is -3.65. The first-order chi connectivity index (χ1) is 18.6. The van der Waals surface area contributed by atoms with Crippen molar-refractivity contribution in [1.29, 1.82) is 0 Å². The minimum atomic E-state index is -3.65. The molecule has 0 unspecified atom stereocenters. The Balaban J connectivity index is 1.66. The number of halogens is 1. The SMILES string of the molecule is CCOC(=O)CCCS(=O)(=O)c1ccc(C(=O)N2Cc3ccc(Br)cc3C(c3ccccc3)=C2C(C)=O)cc1. The van der Waals surface area contributed by atoms with E-state index in [1.807, 2.05) is 48.5 Å². The van der Waals surface area contributed by atoms with Gasteiger partial charge in [-0.3, -0.25) is 19.3 Å². The lowest BCUT2D eigenvalue weighted by molar-refractivity contribution is -0.143. The van der Waals surface area contributed by atoms with E-state index in [1.54, 1.807) is 6.92 Å². The molecule has 1 aliphatic rings. The first-order valence-electron chi connectivity index (χ1n) is 12.5. The van der Waals surface area contributed by atoms with Crippen molar-refractivity contribution in [3.05, 3.63) is 105 Å². The van der Waals surface area contributed by atoms with Crippen molar-refractivity contribution in [2.24, 2.45) is 0 Å². The average Bonchev–Trinajstić information content (AvgIpc) is 2.92. The quantitative estimate of drug-likeness (QED) is 0.294. The number of sulfone groups is 1. The fraction of sp³-hybridized carbons (Fsp3) is 0.233. The number of hydrogen-bond acceptors (Lipinski definition) is 6. The molecule has 1 heterocycles. The van der Waals surface area contributed by atoms with Crippen LogP contribution in [0.1, 0.15) is 53.7 Å². The number of carbonyl (C=O) groups is 3. The van der Waals surface area contributed by atoms with Crippen molar-refractivity contribution in [2.75, 3.05) is 12.4 Å². The number of hydrogen-bond donors (Lipinski definition) is 0. The third-order valence-electron chi connectivity index (χ3n) is 6.38. The van der Waals surface area contributed by atoms with Crippen LogP contribution in [-0.2, 0) is 30.7 Å². The van der Waals surface area contributed by atoms with Crippen molar-refractivity contribution in [2.45, 2.75) is 38.1 Å². The fourth-order valence-electron chi connectivity index (χ4n) is 4.59. The third-order valence-corrected chi connectivity index (χ3v) is 8.69. The first-order valence-corrected chi connectivity index (χ1v) is 15.0. The number of nitrogens with zero attached hydrogens (tertiary/aromatic N) is 1. The summed E-state index contributed by atoms with van der Waals surface area (Å²) in [6.07, 6.45) is 0.154. The Morgan fingerprint density at radius 3 is 2.31 bits per heavy atom. The van der Waals surface area contributed by atoms with Gasteiger partial charge in [0.25, 0.3) is 5.91 Å². The summed E-state index contributed by atoms with van der Waals surface area (Å²) in [5.74, 6) is -1.31. The Morgan fingerprint density at radius 1 is 0.974 bits per heavy atom. The van der Waals surface area contributed by atoms with Crippen LogP contribution in [0.15, 0.2) is 87.9 Å². The fourth-order valence-corrected chi connectivity index (χ4v) is 6.26. The summed E-state index contributed by atoms with van der Waals surface area (Å²) >= 11 is 3.52. The van der Waals surface area contributed by atoms with Crippen LogP contribution >= 0.6 is 15.9 Å². The summed E-state index contributed by atoms with van der Waals surface area (Å²) < 4.78 is 31.2. The van der Waals surface area contributed by atoms with Gasteiger partial charge in [-0.25, -0.2) is 8.42 Å². The van der Waals surface area contributed by atoms with Gasteiger partial charge >= 0.3 is 5.97 Å². The van der Waals surface area contributed by atoms with E-state index in [-0.39, 0.29) is 53.7 Å². The van der Waals surface area contributed by atoms with Gasteiger partial charge in [-0.2, -0.15) is 0 Å². The van der Waals surface area contributed by atoms with Gasteiger partial charge in [0.1, 0.15) is 0 Å². The highest BCUT2D eigenvalue weighted by Gasteiger charge is 2.33. The number of ketones is 1. The molecule has 0 bridgehead atoms. The van der Waals surface area contributed by atoms with Gasteiger partial charge in [-0.05, 0) is 66.4 Å². The highest BCUT2D eigenvalue weighted by atomic mass is 79.9. The number of allylic oxidation sites excluding steroid dienone is 1. The minimum Gasteiger partial charge on any atom is -0.466 e. The molecule has 1 aliphatic heterocycles. The van der Waals surface area contributed by atoms with E-state index in [4.69, 9.17) is 4.74 Å². The summed E-state index contributed by atoms with van der Waals surface area (Å²) in [5.41, 5.74) is 3.77. The van der Waals surface area contributed by atoms with Crippen molar-refractivity contribution >= 4 is 49.0 Å². The Kier molecular flexibility index (Phi) is 8.82. The zero-order chi connectivity index (χ0) is 28.2. The second-order valence-electron chi connectivity index (χ2n) is 9.09. The number of esters is 1. The number of carbonyl (C=O) groups excluding carboxylic acids is 3. The molecule has 1 amide bonds. The number of rotatable bonds is 9. The standard InChI is InChI=1S/C30H28BrNO6S/c1-3-38-27(34)10-7-17-39(36,37)25-15-12-22(13-16-25)30(35)32-19-23-11-14-24(31)18-26(23)28(29(32)20(2)33)21-8-5-4-6-9-21/h4-6,8-9,11-16,18H,3,7,10,17,19H2,1-2H3. The third kappa shape index (κ3) is 6.37. The summed E-state index contributed by atoms with van der Waals surface area (Å²) in [6, 6.07) is 20.9. The summed E-state index contributed by atoms with van der Waals surface area (Å²) in [5, 5.41) is 0. The molecule has 0 atom stereocenters. The molecule has 9 heteroatoms. The molecule has 39 heavy (non-hydrogen) atoms. The summed E-state index contributed by atoms with van der Waals surface area (Å²) in [4.78, 5) is 39.8. The predicted molar refractivity (Wildman–Crippen MR) is 152 cm³/mol.